The standard InChI is InChI=1S/C64H44N2S/c1-63(2)54-35-33-46(38-51(54)52-39-53-48-28-14-17-32-59(48)67-60(53)40-57(52)63)65(43-22-8-4-9-23-43)45-26-18-21-42(37-45)64(41-19-6-3-7-20-41)55-30-15-12-29-50(55)61-56(64)36-34-49-47-27-13-16-31-58(47)66(62(49)61)44-24-10-5-11-25-44/h3-40H,1-2H3. The third-order valence-electron chi connectivity index (χ3n) is 15.0. The van der Waals surface area contributed by atoms with Gasteiger partial charge in [-0.05, 0) is 123 Å². The Hall–Kier alpha value is -7.98. The summed E-state index contributed by atoms with van der Waals surface area (Å²) in [7, 11) is 0. The van der Waals surface area contributed by atoms with E-state index in [9.17, 15) is 0 Å². The van der Waals surface area contributed by atoms with Crippen LogP contribution in [0.25, 0.3) is 69.9 Å². The highest BCUT2D eigenvalue weighted by molar-refractivity contribution is 7.25. The third kappa shape index (κ3) is 5.32. The first kappa shape index (κ1) is 38.3. The van der Waals surface area contributed by atoms with Crippen LogP contribution in [0.3, 0.4) is 0 Å². The molecule has 2 aliphatic rings. The predicted octanol–water partition coefficient (Wildman–Crippen LogP) is 17.3. The Morgan fingerprint density at radius 3 is 1.87 bits per heavy atom. The maximum Gasteiger partial charge on any atom is 0.0715 e. The Labute approximate surface area is 394 Å². The maximum absolute atomic E-state index is 2.49. The zero-order valence-corrected chi connectivity index (χ0v) is 38.1. The minimum absolute atomic E-state index is 0.131. The molecule has 14 rings (SSSR count). The first-order chi connectivity index (χ1) is 33.0. The van der Waals surface area contributed by atoms with Gasteiger partial charge in [-0.15, -0.1) is 11.3 Å². The SMILES string of the molecule is CC1(C)c2ccc(N(c3ccccc3)c3cccc(C4(c5ccccc5)c5ccccc5-c5c4ccc4c6ccccc6n(-c6ccccc6)c54)c3)cc2-c2cc3c(cc21)sc1ccccc13. The lowest BCUT2D eigenvalue weighted by Gasteiger charge is -2.35. The Kier molecular flexibility index (Phi) is 8.15. The van der Waals surface area contributed by atoms with Crippen LogP contribution in [0.15, 0.2) is 231 Å². The lowest BCUT2D eigenvalue weighted by atomic mass is 9.67. The van der Waals surface area contributed by atoms with Crippen LogP contribution in [0.4, 0.5) is 17.1 Å². The molecule has 67 heavy (non-hydrogen) atoms. The van der Waals surface area contributed by atoms with Crippen LogP contribution in [0.1, 0.15) is 47.2 Å². The van der Waals surface area contributed by atoms with E-state index in [0.717, 1.165) is 22.7 Å². The van der Waals surface area contributed by atoms with Crippen LogP contribution in [-0.2, 0) is 10.8 Å². The molecule has 2 nitrogen and oxygen atoms in total. The topological polar surface area (TPSA) is 8.17 Å². The van der Waals surface area contributed by atoms with E-state index < -0.39 is 5.41 Å². The number of para-hydroxylation sites is 3. The van der Waals surface area contributed by atoms with E-state index in [4.69, 9.17) is 0 Å². The largest absolute Gasteiger partial charge is 0.310 e. The highest BCUT2D eigenvalue weighted by atomic mass is 32.1. The highest BCUT2D eigenvalue weighted by Crippen LogP contribution is 2.60. The van der Waals surface area contributed by atoms with Gasteiger partial charge >= 0.3 is 0 Å². The van der Waals surface area contributed by atoms with Crippen LogP contribution in [0.2, 0.25) is 0 Å². The lowest BCUT2D eigenvalue weighted by Crippen LogP contribution is -2.29. The number of fused-ring (bicyclic) bond motifs is 13. The molecule has 0 saturated carbocycles. The Balaban J connectivity index is 1.02. The summed E-state index contributed by atoms with van der Waals surface area (Å²) in [5.41, 5.74) is 19.2. The van der Waals surface area contributed by atoms with Crippen molar-refractivity contribution in [1.29, 1.82) is 0 Å². The van der Waals surface area contributed by atoms with Gasteiger partial charge in [0.05, 0.1) is 16.4 Å². The summed E-state index contributed by atoms with van der Waals surface area (Å²) in [6.45, 7) is 4.78. The number of benzene rings is 10. The third-order valence-corrected chi connectivity index (χ3v) is 16.2. The zero-order chi connectivity index (χ0) is 44.4. The van der Waals surface area contributed by atoms with E-state index in [-0.39, 0.29) is 5.41 Å². The molecule has 1 unspecified atom stereocenters. The molecule has 0 N–H and O–H groups in total. The van der Waals surface area contributed by atoms with E-state index in [1.807, 2.05) is 11.3 Å². The summed E-state index contributed by atoms with van der Waals surface area (Å²) in [5, 5.41) is 5.19. The molecule has 3 heteroatoms. The smallest absolute Gasteiger partial charge is 0.0715 e. The van der Waals surface area contributed by atoms with Gasteiger partial charge in [-0.1, -0.05) is 172 Å². The van der Waals surface area contributed by atoms with Crippen molar-refractivity contribution >= 4 is 70.4 Å². The molecular formula is C64H44N2S. The van der Waals surface area contributed by atoms with Gasteiger partial charge in [0.15, 0.2) is 0 Å². The van der Waals surface area contributed by atoms with E-state index >= 15 is 0 Å². The van der Waals surface area contributed by atoms with Gasteiger partial charge in [-0.2, -0.15) is 0 Å². The second kappa shape index (κ2) is 14.3. The fourth-order valence-electron chi connectivity index (χ4n) is 12.1. The molecule has 0 bridgehead atoms. The quantitative estimate of drug-likeness (QED) is 0.162. The molecular weight excluding hydrogens is 829 g/mol. The Morgan fingerprint density at radius 1 is 0.388 bits per heavy atom. The summed E-state index contributed by atoms with van der Waals surface area (Å²) < 4.78 is 5.19. The summed E-state index contributed by atoms with van der Waals surface area (Å²) in [6, 6.07) is 86.2. The van der Waals surface area contributed by atoms with Gasteiger partial charge in [-0.25, -0.2) is 0 Å². The summed E-state index contributed by atoms with van der Waals surface area (Å²) in [4.78, 5) is 2.46. The van der Waals surface area contributed by atoms with Crippen molar-refractivity contribution in [3.8, 4) is 27.9 Å². The van der Waals surface area contributed by atoms with Gasteiger partial charge in [-0.3, -0.25) is 0 Å². The lowest BCUT2D eigenvalue weighted by molar-refractivity contribution is 0.661. The van der Waals surface area contributed by atoms with Crippen LogP contribution in [0.5, 0.6) is 0 Å². The van der Waals surface area contributed by atoms with Gasteiger partial charge in [0.1, 0.15) is 0 Å². The Bertz CT molecular complexity index is 3950. The van der Waals surface area contributed by atoms with Crippen molar-refractivity contribution in [3.05, 3.63) is 264 Å². The van der Waals surface area contributed by atoms with Crippen molar-refractivity contribution in [2.24, 2.45) is 0 Å². The number of anilines is 3. The predicted molar refractivity (Wildman–Crippen MR) is 283 cm³/mol. The number of hydrogen-bond donors (Lipinski definition) is 0. The monoisotopic (exact) mass is 872 g/mol. The summed E-state index contributed by atoms with van der Waals surface area (Å²) in [5.74, 6) is 0. The number of hydrogen-bond acceptors (Lipinski definition) is 2. The normalized spacial score (nSPS) is 15.5. The van der Waals surface area contributed by atoms with E-state index in [2.05, 4.69) is 254 Å². The second-order valence-corrected chi connectivity index (χ2v) is 19.9. The van der Waals surface area contributed by atoms with Crippen LogP contribution < -0.4 is 4.90 Å². The molecule has 12 aromatic rings. The molecule has 0 radical (unpaired) electrons. The molecule has 0 aliphatic heterocycles. The number of aromatic nitrogens is 1. The first-order valence-electron chi connectivity index (χ1n) is 23.3. The molecule has 0 saturated heterocycles. The maximum atomic E-state index is 2.49. The average molecular weight is 873 g/mol. The van der Waals surface area contributed by atoms with Gasteiger partial charge in [0.25, 0.3) is 0 Å². The summed E-state index contributed by atoms with van der Waals surface area (Å²) >= 11 is 1.90. The van der Waals surface area contributed by atoms with Gasteiger partial charge < -0.3 is 9.47 Å². The van der Waals surface area contributed by atoms with Crippen LogP contribution in [-0.4, -0.2) is 4.57 Å². The van der Waals surface area contributed by atoms with Crippen molar-refractivity contribution in [1.82, 2.24) is 4.57 Å². The summed E-state index contributed by atoms with van der Waals surface area (Å²) in [6.07, 6.45) is 0. The number of nitrogens with zero attached hydrogens (tertiary/aromatic N) is 2. The Morgan fingerprint density at radius 2 is 1.03 bits per heavy atom. The molecule has 0 amide bonds. The fraction of sp³-hybridized carbons (Fsp3) is 0.0625. The zero-order valence-electron chi connectivity index (χ0n) is 37.2. The molecule has 316 valence electrons. The van der Waals surface area contributed by atoms with E-state index in [1.54, 1.807) is 0 Å². The van der Waals surface area contributed by atoms with Crippen LogP contribution >= 0.6 is 11.3 Å². The molecule has 2 heterocycles. The van der Waals surface area contributed by atoms with Crippen molar-refractivity contribution in [2.45, 2.75) is 24.7 Å². The van der Waals surface area contributed by atoms with Crippen molar-refractivity contribution < 1.29 is 0 Å². The van der Waals surface area contributed by atoms with Gasteiger partial charge in [0, 0.05) is 64.7 Å². The second-order valence-electron chi connectivity index (χ2n) is 18.8. The molecule has 1 atom stereocenters. The average Bonchev–Trinajstić information content (AvgIpc) is 4.08. The molecule has 2 aliphatic carbocycles. The number of thiophene rings is 1. The van der Waals surface area contributed by atoms with Crippen molar-refractivity contribution in [3.63, 3.8) is 0 Å². The molecule has 0 fully saturated rings. The van der Waals surface area contributed by atoms with E-state index in [0.29, 0.717) is 0 Å². The molecule has 0 spiro atoms. The van der Waals surface area contributed by atoms with Crippen LogP contribution in [0, 0.1) is 0 Å². The van der Waals surface area contributed by atoms with Gasteiger partial charge in [0.2, 0.25) is 0 Å². The minimum Gasteiger partial charge on any atom is -0.310 e. The highest BCUT2D eigenvalue weighted by Gasteiger charge is 2.47. The minimum atomic E-state index is -0.618. The van der Waals surface area contributed by atoms with Crippen molar-refractivity contribution in [2.75, 3.05) is 4.90 Å². The van der Waals surface area contributed by atoms with E-state index in [1.165, 1.54) is 97.6 Å². The molecule has 2 aromatic heterocycles. The fourth-order valence-corrected chi connectivity index (χ4v) is 13.3. The molecule has 10 aromatic carbocycles. The number of rotatable bonds is 6. The first-order valence-corrected chi connectivity index (χ1v) is 24.2.